The zero-order valence-corrected chi connectivity index (χ0v) is 12.8. The van der Waals surface area contributed by atoms with Crippen molar-refractivity contribution in [1.29, 1.82) is 0 Å². The highest BCUT2D eigenvalue weighted by Gasteiger charge is 2.41. The minimum absolute atomic E-state index is 0.186. The number of carbonyl (C=O) groups excluding carboxylic acids is 1. The molecular weight excluding hydrogens is 260 g/mol. The molecule has 0 aromatic heterocycles. The normalized spacial score (nSPS) is 19.5. The highest BCUT2D eigenvalue weighted by atomic mass is 16.1. The molecule has 3 N–H and O–H groups in total. The van der Waals surface area contributed by atoms with Crippen LogP contribution in [0.1, 0.15) is 50.5 Å². The van der Waals surface area contributed by atoms with E-state index in [0.29, 0.717) is 6.42 Å². The Balaban J connectivity index is 1.45. The molecule has 0 radical (unpaired) electrons. The quantitative estimate of drug-likeness (QED) is 0.756. The standard InChI is InChI=1S/C18H26N2O/c1-12(13-6-8-16(19)9-7-13)10-18(21)20-11-17(14-2-3-14)15-4-5-15/h6-9,12,14-15,17H,2-5,10-11,19H2,1H3,(H,20,21). The Morgan fingerprint density at radius 3 is 2.29 bits per heavy atom. The maximum absolute atomic E-state index is 12.1. The van der Waals surface area contributed by atoms with E-state index in [-0.39, 0.29) is 11.8 Å². The summed E-state index contributed by atoms with van der Waals surface area (Å²) in [6.07, 6.45) is 6.06. The van der Waals surface area contributed by atoms with E-state index in [1.54, 1.807) is 0 Å². The molecule has 3 heteroatoms. The lowest BCUT2D eigenvalue weighted by Crippen LogP contribution is -2.31. The molecule has 0 saturated heterocycles. The predicted molar refractivity (Wildman–Crippen MR) is 85.8 cm³/mol. The van der Waals surface area contributed by atoms with Gasteiger partial charge >= 0.3 is 0 Å². The molecule has 2 aliphatic carbocycles. The lowest BCUT2D eigenvalue weighted by atomic mass is 9.96. The largest absolute Gasteiger partial charge is 0.399 e. The van der Waals surface area contributed by atoms with Gasteiger partial charge in [0.25, 0.3) is 0 Å². The van der Waals surface area contributed by atoms with Crippen LogP contribution >= 0.6 is 0 Å². The molecule has 2 fully saturated rings. The van der Waals surface area contributed by atoms with Gasteiger partial charge in [0, 0.05) is 18.7 Å². The lowest BCUT2D eigenvalue weighted by molar-refractivity contribution is -0.121. The van der Waals surface area contributed by atoms with E-state index in [2.05, 4.69) is 12.2 Å². The van der Waals surface area contributed by atoms with E-state index < -0.39 is 0 Å². The van der Waals surface area contributed by atoms with Gasteiger partial charge in [0.15, 0.2) is 0 Å². The molecule has 114 valence electrons. The minimum atomic E-state index is 0.186. The number of amides is 1. The number of rotatable bonds is 7. The van der Waals surface area contributed by atoms with Gasteiger partial charge in [0.1, 0.15) is 0 Å². The molecule has 2 aliphatic rings. The van der Waals surface area contributed by atoms with Crippen LogP contribution < -0.4 is 11.1 Å². The molecule has 3 nitrogen and oxygen atoms in total. The second-order valence-electron chi connectivity index (χ2n) is 6.91. The topological polar surface area (TPSA) is 55.1 Å². The third-order valence-corrected chi connectivity index (χ3v) is 4.99. The summed E-state index contributed by atoms with van der Waals surface area (Å²) in [7, 11) is 0. The summed E-state index contributed by atoms with van der Waals surface area (Å²) in [6.45, 7) is 2.99. The Morgan fingerprint density at radius 2 is 1.76 bits per heavy atom. The van der Waals surface area contributed by atoms with Crippen molar-refractivity contribution in [1.82, 2.24) is 5.32 Å². The smallest absolute Gasteiger partial charge is 0.220 e. The number of nitrogens with one attached hydrogen (secondary N) is 1. The highest BCUT2D eigenvalue weighted by Crippen LogP contribution is 2.48. The van der Waals surface area contributed by atoms with Crippen molar-refractivity contribution in [2.75, 3.05) is 12.3 Å². The zero-order valence-electron chi connectivity index (χ0n) is 12.8. The van der Waals surface area contributed by atoms with E-state index in [0.717, 1.165) is 30.0 Å². The van der Waals surface area contributed by atoms with Crippen molar-refractivity contribution in [2.45, 2.75) is 44.9 Å². The fourth-order valence-electron chi connectivity index (χ4n) is 3.29. The zero-order chi connectivity index (χ0) is 14.8. The summed E-state index contributed by atoms with van der Waals surface area (Å²) < 4.78 is 0. The van der Waals surface area contributed by atoms with E-state index in [9.17, 15) is 4.79 Å². The van der Waals surface area contributed by atoms with E-state index >= 15 is 0 Å². The summed E-state index contributed by atoms with van der Waals surface area (Å²) in [6, 6.07) is 7.84. The Morgan fingerprint density at radius 1 is 1.19 bits per heavy atom. The van der Waals surface area contributed by atoms with Crippen molar-refractivity contribution in [3.63, 3.8) is 0 Å². The molecule has 1 aromatic rings. The molecular formula is C18H26N2O. The molecule has 2 saturated carbocycles. The van der Waals surface area contributed by atoms with Gasteiger partial charge in [-0.2, -0.15) is 0 Å². The number of nitrogens with two attached hydrogens (primary N) is 1. The first-order valence-electron chi connectivity index (χ1n) is 8.25. The van der Waals surface area contributed by atoms with Crippen molar-refractivity contribution in [2.24, 2.45) is 17.8 Å². The fraction of sp³-hybridized carbons (Fsp3) is 0.611. The molecule has 1 aromatic carbocycles. The number of benzene rings is 1. The first-order valence-corrected chi connectivity index (χ1v) is 8.25. The Kier molecular flexibility index (Phi) is 4.18. The molecule has 21 heavy (non-hydrogen) atoms. The second-order valence-corrected chi connectivity index (χ2v) is 6.91. The highest BCUT2D eigenvalue weighted by molar-refractivity contribution is 5.76. The van der Waals surface area contributed by atoms with Crippen LogP contribution in [0, 0.1) is 17.8 Å². The monoisotopic (exact) mass is 286 g/mol. The van der Waals surface area contributed by atoms with Crippen LogP contribution in [-0.4, -0.2) is 12.5 Å². The van der Waals surface area contributed by atoms with Crippen molar-refractivity contribution < 1.29 is 4.79 Å². The summed E-state index contributed by atoms with van der Waals surface area (Å²) in [4.78, 5) is 12.1. The van der Waals surface area contributed by atoms with E-state index in [1.807, 2.05) is 24.3 Å². The summed E-state index contributed by atoms with van der Waals surface area (Å²) in [5.74, 6) is 2.97. The van der Waals surface area contributed by atoms with Crippen LogP contribution in [-0.2, 0) is 4.79 Å². The Bertz CT molecular complexity index is 476. The van der Waals surface area contributed by atoms with Crippen molar-refractivity contribution in [3.05, 3.63) is 29.8 Å². The first kappa shape index (κ1) is 14.4. The average Bonchev–Trinajstić information content (AvgIpc) is 3.33. The Labute approximate surface area is 127 Å². The summed E-state index contributed by atoms with van der Waals surface area (Å²) in [5, 5.41) is 3.17. The number of hydrogen-bond donors (Lipinski definition) is 2. The van der Waals surface area contributed by atoms with Crippen LogP contribution in [0.2, 0.25) is 0 Å². The second kappa shape index (κ2) is 6.08. The molecule has 1 amide bonds. The van der Waals surface area contributed by atoms with Crippen LogP contribution in [0.3, 0.4) is 0 Å². The van der Waals surface area contributed by atoms with Crippen LogP contribution in [0.25, 0.3) is 0 Å². The number of nitrogen functional groups attached to an aromatic ring is 1. The maximum atomic E-state index is 12.1. The van der Waals surface area contributed by atoms with Crippen molar-refractivity contribution in [3.8, 4) is 0 Å². The van der Waals surface area contributed by atoms with E-state index in [4.69, 9.17) is 5.73 Å². The summed E-state index contributed by atoms with van der Waals surface area (Å²) >= 11 is 0. The average molecular weight is 286 g/mol. The van der Waals surface area contributed by atoms with E-state index in [1.165, 1.54) is 31.2 Å². The third-order valence-electron chi connectivity index (χ3n) is 4.99. The van der Waals surface area contributed by atoms with Crippen LogP contribution in [0.15, 0.2) is 24.3 Å². The maximum Gasteiger partial charge on any atom is 0.220 e. The fourth-order valence-corrected chi connectivity index (χ4v) is 3.29. The third kappa shape index (κ3) is 3.99. The van der Waals surface area contributed by atoms with Gasteiger partial charge in [0.05, 0.1) is 0 Å². The van der Waals surface area contributed by atoms with Gasteiger partial charge in [-0.05, 0) is 67.1 Å². The van der Waals surface area contributed by atoms with Crippen molar-refractivity contribution >= 4 is 11.6 Å². The lowest BCUT2D eigenvalue weighted by Gasteiger charge is -2.17. The van der Waals surface area contributed by atoms with Gasteiger partial charge in [-0.1, -0.05) is 19.1 Å². The van der Waals surface area contributed by atoms with Gasteiger partial charge < -0.3 is 11.1 Å². The summed E-state index contributed by atoms with van der Waals surface area (Å²) in [5.41, 5.74) is 7.65. The molecule has 0 heterocycles. The van der Waals surface area contributed by atoms with Gasteiger partial charge in [0.2, 0.25) is 5.91 Å². The number of anilines is 1. The van der Waals surface area contributed by atoms with Crippen LogP contribution in [0.5, 0.6) is 0 Å². The molecule has 0 spiro atoms. The Hall–Kier alpha value is -1.51. The molecule has 0 aliphatic heterocycles. The number of hydrogen-bond acceptors (Lipinski definition) is 2. The first-order chi connectivity index (χ1) is 10.1. The SMILES string of the molecule is CC(CC(=O)NCC(C1CC1)C1CC1)c1ccc(N)cc1. The van der Waals surface area contributed by atoms with Crippen LogP contribution in [0.4, 0.5) is 5.69 Å². The van der Waals surface area contributed by atoms with Gasteiger partial charge in [-0.25, -0.2) is 0 Å². The van der Waals surface area contributed by atoms with Gasteiger partial charge in [-0.15, -0.1) is 0 Å². The number of carbonyl (C=O) groups is 1. The van der Waals surface area contributed by atoms with Gasteiger partial charge in [-0.3, -0.25) is 4.79 Å². The molecule has 0 bridgehead atoms. The predicted octanol–water partition coefficient (Wildman–Crippen LogP) is 3.31. The molecule has 1 atom stereocenters. The minimum Gasteiger partial charge on any atom is -0.399 e. The molecule has 3 rings (SSSR count). The molecule has 1 unspecified atom stereocenters.